The van der Waals surface area contributed by atoms with E-state index in [9.17, 15) is 4.79 Å². The van der Waals surface area contributed by atoms with Gasteiger partial charge in [-0.2, -0.15) is 0 Å². The second kappa shape index (κ2) is 12.4. The fourth-order valence-electron chi connectivity index (χ4n) is 2.71. The van der Waals surface area contributed by atoms with E-state index in [0.29, 0.717) is 18.3 Å². The van der Waals surface area contributed by atoms with Crippen molar-refractivity contribution in [2.45, 2.75) is 38.9 Å². The van der Waals surface area contributed by atoms with Gasteiger partial charge in [-0.3, -0.25) is 4.79 Å². The number of aromatic nitrogens is 1. The van der Waals surface area contributed by atoms with Crippen LogP contribution in [-0.2, 0) is 17.9 Å². The molecule has 1 aromatic heterocycles. The molecule has 0 spiro atoms. The molecule has 0 bridgehead atoms. The second-order valence-corrected chi connectivity index (χ2v) is 6.82. The Labute approximate surface area is 189 Å². The molecule has 1 fully saturated rings. The molecular weight excluding hydrogens is 481 g/mol. The third kappa shape index (κ3) is 8.76. The van der Waals surface area contributed by atoms with E-state index < -0.39 is 0 Å². The lowest BCUT2D eigenvalue weighted by molar-refractivity contribution is -0.123. The molecule has 0 atom stereocenters. The number of halogens is 1. The molecule has 1 heterocycles. The summed E-state index contributed by atoms with van der Waals surface area (Å²) in [5.74, 6) is 1.40. The van der Waals surface area contributed by atoms with Crippen LogP contribution in [0.1, 0.15) is 25.3 Å². The molecule has 0 radical (unpaired) electrons. The number of nitrogens with zero attached hydrogens (tertiary/aromatic N) is 2. The summed E-state index contributed by atoms with van der Waals surface area (Å²) in [6.45, 7) is 5.10. The number of benzene rings is 1. The Bertz CT molecular complexity index is 775. The van der Waals surface area contributed by atoms with Gasteiger partial charge in [-0.1, -0.05) is 12.1 Å². The Hall–Kier alpha value is -2.23. The Morgan fingerprint density at radius 3 is 2.72 bits per heavy atom. The largest absolute Gasteiger partial charge is 0.484 e. The third-order valence-electron chi connectivity index (χ3n) is 4.30. The first-order valence-electron chi connectivity index (χ1n) is 9.87. The van der Waals surface area contributed by atoms with E-state index in [0.717, 1.165) is 44.0 Å². The zero-order valence-corrected chi connectivity index (χ0v) is 19.1. The summed E-state index contributed by atoms with van der Waals surface area (Å²) in [5.41, 5.74) is 1.03. The highest BCUT2D eigenvalue weighted by molar-refractivity contribution is 14.0. The van der Waals surface area contributed by atoms with Crippen molar-refractivity contribution in [3.05, 3.63) is 54.4 Å². The number of rotatable bonds is 10. The predicted molar refractivity (Wildman–Crippen MR) is 126 cm³/mol. The SMILES string of the molecule is CCNC(=NCc1cccc(OCC(=O)NC2CC2)c1)NCCn1cccc1.I. The number of carbonyl (C=O) groups is 1. The van der Waals surface area contributed by atoms with Gasteiger partial charge in [0.05, 0.1) is 6.54 Å². The van der Waals surface area contributed by atoms with Crippen LogP contribution < -0.4 is 20.7 Å². The maximum absolute atomic E-state index is 11.7. The summed E-state index contributed by atoms with van der Waals surface area (Å²) in [5, 5.41) is 9.52. The van der Waals surface area contributed by atoms with Crippen molar-refractivity contribution in [2.24, 2.45) is 4.99 Å². The summed E-state index contributed by atoms with van der Waals surface area (Å²) in [6, 6.07) is 12.1. The number of hydrogen-bond donors (Lipinski definition) is 3. The number of nitrogens with one attached hydrogen (secondary N) is 3. The molecule has 1 saturated carbocycles. The van der Waals surface area contributed by atoms with Crippen LogP contribution in [0.3, 0.4) is 0 Å². The number of carbonyl (C=O) groups excluding carboxylic acids is 1. The van der Waals surface area contributed by atoms with Crippen LogP contribution in [0, 0.1) is 0 Å². The van der Waals surface area contributed by atoms with E-state index in [1.807, 2.05) is 55.7 Å². The number of amides is 1. The number of hydrogen-bond acceptors (Lipinski definition) is 3. The second-order valence-electron chi connectivity index (χ2n) is 6.82. The highest BCUT2D eigenvalue weighted by Crippen LogP contribution is 2.18. The number of guanidine groups is 1. The van der Waals surface area contributed by atoms with E-state index in [1.54, 1.807) is 0 Å². The van der Waals surface area contributed by atoms with Crippen molar-refractivity contribution < 1.29 is 9.53 Å². The standard InChI is InChI=1S/C21H29N5O2.HI/c1-2-22-21(23-10-13-26-11-3-4-12-26)24-15-17-6-5-7-19(14-17)28-16-20(27)25-18-8-9-18;/h3-7,11-12,14,18H,2,8-10,13,15-16H2,1H3,(H,25,27)(H2,22,23,24);1H. The average Bonchev–Trinajstić information content (AvgIpc) is 3.36. The lowest BCUT2D eigenvalue weighted by atomic mass is 10.2. The molecule has 2 aromatic rings. The molecule has 1 amide bonds. The minimum absolute atomic E-state index is 0. The van der Waals surface area contributed by atoms with Crippen LogP contribution in [0.2, 0.25) is 0 Å². The van der Waals surface area contributed by atoms with Crippen LogP contribution >= 0.6 is 24.0 Å². The summed E-state index contributed by atoms with van der Waals surface area (Å²) in [6.07, 6.45) is 6.24. The van der Waals surface area contributed by atoms with Crippen molar-refractivity contribution in [2.75, 3.05) is 19.7 Å². The van der Waals surface area contributed by atoms with Gasteiger partial charge in [-0.25, -0.2) is 4.99 Å². The first-order chi connectivity index (χ1) is 13.7. The Morgan fingerprint density at radius 1 is 1.21 bits per heavy atom. The summed E-state index contributed by atoms with van der Waals surface area (Å²) < 4.78 is 7.72. The summed E-state index contributed by atoms with van der Waals surface area (Å²) in [4.78, 5) is 16.4. The molecule has 29 heavy (non-hydrogen) atoms. The van der Waals surface area contributed by atoms with Crippen molar-refractivity contribution >= 4 is 35.8 Å². The molecule has 0 aliphatic heterocycles. The maximum Gasteiger partial charge on any atom is 0.258 e. The van der Waals surface area contributed by atoms with Gasteiger partial charge < -0.3 is 25.3 Å². The monoisotopic (exact) mass is 511 g/mol. The Kier molecular flexibility index (Phi) is 9.82. The average molecular weight is 511 g/mol. The number of ether oxygens (including phenoxy) is 1. The van der Waals surface area contributed by atoms with Gasteiger partial charge in [-0.15, -0.1) is 24.0 Å². The first-order valence-corrected chi connectivity index (χ1v) is 9.87. The van der Waals surface area contributed by atoms with E-state index in [-0.39, 0.29) is 36.5 Å². The minimum atomic E-state index is -0.0627. The molecule has 8 heteroatoms. The predicted octanol–water partition coefficient (Wildman–Crippen LogP) is 2.52. The Morgan fingerprint density at radius 2 is 2.00 bits per heavy atom. The van der Waals surface area contributed by atoms with E-state index in [4.69, 9.17) is 4.74 Å². The molecule has 0 unspecified atom stereocenters. The lowest BCUT2D eigenvalue weighted by Gasteiger charge is -2.12. The fourth-order valence-corrected chi connectivity index (χ4v) is 2.71. The van der Waals surface area contributed by atoms with Crippen LogP contribution in [0.15, 0.2) is 53.8 Å². The zero-order valence-electron chi connectivity index (χ0n) is 16.8. The number of aliphatic imine (C=N–C) groups is 1. The topological polar surface area (TPSA) is 79.7 Å². The fraction of sp³-hybridized carbons (Fsp3) is 0.429. The third-order valence-corrected chi connectivity index (χ3v) is 4.30. The normalized spacial score (nSPS) is 13.3. The van der Waals surface area contributed by atoms with Crippen molar-refractivity contribution in [3.8, 4) is 5.75 Å². The van der Waals surface area contributed by atoms with Crippen molar-refractivity contribution in [1.82, 2.24) is 20.5 Å². The molecule has 0 saturated heterocycles. The van der Waals surface area contributed by atoms with Gasteiger partial charge in [-0.05, 0) is 49.6 Å². The van der Waals surface area contributed by atoms with E-state index >= 15 is 0 Å². The molecule has 1 aromatic carbocycles. The van der Waals surface area contributed by atoms with Crippen LogP contribution in [0.25, 0.3) is 0 Å². The molecule has 158 valence electrons. The molecule has 7 nitrogen and oxygen atoms in total. The summed E-state index contributed by atoms with van der Waals surface area (Å²) in [7, 11) is 0. The molecule has 3 N–H and O–H groups in total. The molecular formula is C21H30IN5O2. The van der Waals surface area contributed by atoms with Crippen LogP contribution in [0.5, 0.6) is 5.75 Å². The van der Waals surface area contributed by atoms with E-state index in [2.05, 4.69) is 25.5 Å². The van der Waals surface area contributed by atoms with Crippen LogP contribution in [0.4, 0.5) is 0 Å². The van der Waals surface area contributed by atoms with Crippen LogP contribution in [-0.4, -0.2) is 42.2 Å². The van der Waals surface area contributed by atoms with Gasteiger partial charge in [0, 0.05) is 38.1 Å². The molecule has 1 aliphatic rings. The first kappa shape index (κ1) is 23.1. The highest BCUT2D eigenvalue weighted by atomic mass is 127. The quantitative estimate of drug-likeness (QED) is 0.260. The smallest absolute Gasteiger partial charge is 0.258 e. The highest BCUT2D eigenvalue weighted by Gasteiger charge is 2.23. The van der Waals surface area contributed by atoms with Gasteiger partial charge >= 0.3 is 0 Å². The van der Waals surface area contributed by atoms with Crippen molar-refractivity contribution in [3.63, 3.8) is 0 Å². The maximum atomic E-state index is 11.7. The van der Waals surface area contributed by atoms with Crippen molar-refractivity contribution in [1.29, 1.82) is 0 Å². The zero-order chi connectivity index (χ0) is 19.6. The van der Waals surface area contributed by atoms with Gasteiger partial charge in [0.25, 0.3) is 5.91 Å². The van der Waals surface area contributed by atoms with Gasteiger partial charge in [0.15, 0.2) is 12.6 Å². The molecule has 3 rings (SSSR count). The lowest BCUT2D eigenvalue weighted by Crippen LogP contribution is -2.38. The molecule has 1 aliphatic carbocycles. The van der Waals surface area contributed by atoms with Gasteiger partial charge in [0.1, 0.15) is 5.75 Å². The van der Waals surface area contributed by atoms with Gasteiger partial charge in [0.2, 0.25) is 0 Å². The minimum Gasteiger partial charge on any atom is -0.484 e. The van der Waals surface area contributed by atoms with E-state index in [1.165, 1.54) is 0 Å². The Balaban J connectivity index is 0.00000300. The summed E-state index contributed by atoms with van der Waals surface area (Å²) >= 11 is 0.